The Labute approximate surface area is 230 Å². The second-order valence-electron chi connectivity index (χ2n) is 11.6. The van der Waals surface area contributed by atoms with Crippen LogP contribution in [0.1, 0.15) is 76.5 Å². The van der Waals surface area contributed by atoms with Crippen LogP contribution in [0.15, 0.2) is 66.7 Å². The molecule has 200 valence electrons. The monoisotopic (exact) mass is 520 g/mol. The molecule has 2 saturated heterocycles. The second-order valence-corrected chi connectivity index (χ2v) is 11.6. The van der Waals surface area contributed by atoms with Gasteiger partial charge in [0.25, 0.3) is 0 Å². The number of nitrogens with zero attached hydrogens (tertiary/aromatic N) is 1. The van der Waals surface area contributed by atoms with Crippen LogP contribution in [0.5, 0.6) is 5.75 Å². The first-order valence-corrected chi connectivity index (χ1v) is 14.4. The van der Waals surface area contributed by atoms with Gasteiger partial charge >= 0.3 is 5.97 Å². The number of hydrogen-bond donors (Lipinski definition) is 1. The predicted molar refractivity (Wildman–Crippen MR) is 153 cm³/mol. The van der Waals surface area contributed by atoms with Crippen LogP contribution in [-0.2, 0) is 11.2 Å². The number of H-pyrrole nitrogens is 1. The average molecular weight is 521 g/mol. The molecular weight excluding hydrogens is 484 g/mol. The van der Waals surface area contributed by atoms with E-state index in [0.717, 1.165) is 70.5 Å². The van der Waals surface area contributed by atoms with E-state index >= 15 is 0 Å². The Kier molecular flexibility index (Phi) is 6.00. The zero-order chi connectivity index (χ0) is 26.6. The number of aromatic nitrogens is 1. The normalized spacial score (nSPS) is 23.3. The number of nitrogens with one attached hydrogen (secondary N) is 1. The molecule has 3 atom stereocenters. The van der Waals surface area contributed by atoms with Crippen molar-refractivity contribution in [2.45, 2.75) is 64.2 Å². The quantitative estimate of drug-likeness (QED) is 0.288. The summed E-state index contributed by atoms with van der Waals surface area (Å²) in [5.74, 6) is 1.07. The van der Waals surface area contributed by atoms with Crippen LogP contribution in [0.4, 0.5) is 0 Å². The minimum atomic E-state index is -0.488. The van der Waals surface area contributed by atoms with Crippen LogP contribution in [0, 0.1) is 19.8 Å². The van der Waals surface area contributed by atoms with Crippen LogP contribution in [-0.4, -0.2) is 34.7 Å². The fourth-order valence-corrected chi connectivity index (χ4v) is 7.45. The van der Waals surface area contributed by atoms with Gasteiger partial charge in [-0.2, -0.15) is 0 Å². The standard InChI is InChI=1S/C34H36N2O3/c1-22-11-6-7-15-26(22)32(24-12-4-3-5-13-24)38-33(37)30-23(2)35-28-16-17-29-27(31(28)30)21-25-14-10-20-36-19-9-8-18-34(25,36)39-29/h3-7,11-13,15-17,25,32,35H,8-10,14,18-21H2,1-2H3. The van der Waals surface area contributed by atoms with Crippen molar-refractivity contribution in [2.24, 2.45) is 5.92 Å². The number of esters is 1. The summed E-state index contributed by atoms with van der Waals surface area (Å²) < 4.78 is 13.4. The highest BCUT2D eigenvalue weighted by Gasteiger charge is 2.52. The lowest BCUT2D eigenvalue weighted by Gasteiger charge is -2.56. The van der Waals surface area contributed by atoms with Gasteiger partial charge in [0.1, 0.15) is 5.75 Å². The van der Waals surface area contributed by atoms with E-state index in [9.17, 15) is 4.79 Å². The summed E-state index contributed by atoms with van der Waals surface area (Å²) in [6.45, 7) is 6.28. The molecule has 3 aromatic carbocycles. The lowest BCUT2D eigenvalue weighted by molar-refractivity contribution is -0.177. The summed E-state index contributed by atoms with van der Waals surface area (Å²) >= 11 is 0. The number of rotatable bonds is 4. The Bertz CT molecular complexity index is 1540. The highest BCUT2D eigenvalue weighted by molar-refractivity contribution is 6.07. The molecule has 3 aliphatic heterocycles. The maximum atomic E-state index is 14.1. The van der Waals surface area contributed by atoms with E-state index in [0.29, 0.717) is 11.5 Å². The molecule has 3 aliphatic rings. The van der Waals surface area contributed by atoms with Gasteiger partial charge in [-0.1, -0.05) is 54.6 Å². The summed E-state index contributed by atoms with van der Waals surface area (Å²) in [5.41, 5.74) is 6.47. The van der Waals surface area contributed by atoms with Crippen LogP contribution >= 0.6 is 0 Å². The Morgan fingerprint density at radius 1 is 1.00 bits per heavy atom. The van der Waals surface area contributed by atoms with Crippen molar-refractivity contribution in [1.82, 2.24) is 9.88 Å². The Morgan fingerprint density at radius 2 is 1.79 bits per heavy atom. The van der Waals surface area contributed by atoms with Crippen LogP contribution in [0.25, 0.3) is 10.9 Å². The van der Waals surface area contributed by atoms with Crippen molar-refractivity contribution in [3.63, 3.8) is 0 Å². The lowest BCUT2D eigenvalue weighted by Crippen LogP contribution is -2.64. The predicted octanol–water partition coefficient (Wildman–Crippen LogP) is 7.26. The minimum Gasteiger partial charge on any atom is -0.472 e. The van der Waals surface area contributed by atoms with Crippen molar-refractivity contribution in [2.75, 3.05) is 13.1 Å². The van der Waals surface area contributed by atoms with E-state index in [4.69, 9.17) is 9.47 Å². The van der Waals surface area contributed by atoms with E-state index in [1.807, 2.05) is 49.4 Å². The van der Waals surface area contributed by atoms with Crippen molar-refractivity contribution in [3.8, 4) is 5.75 Å². The molecule has 4 heterocycles. The molecule has 39 heavy (non-hydrogen) atoms. The van der Waals surface area contributed by atoms with E-state index in [-0.39, 0.29) is 11.7 Å². The average Bonchev–Trinajstić information content (AvgIpc) is 3.31. The lowest BCUT2D eigenvalue weighted by atomic mass is 9.74. The molecule has 1 N–H and O–H groups in total. The van der Waals surface area contributed by atoms with Crippen molar-refractivity contribution >= 4 is 16.9 Å². The van der Waals surface area contributed by atoms with Gasteiger partial charge in [-0.3, -0.25) is 4.90 Å². The molecule has 1 spiro atoms. The molecule has 7 rings (SSSR count). The van der Waals surface area contributed by atoms with Crippen molar-refractivity contribution in [3.05, 3.63) is 100 Å². The summed E-state index contributed by atoms with van der Waals surface area (Å²) in [5, 5.41) is 0.967. The van der Waals surface area contributed by atoms with Gasteiger partial charge in [0.2, 0.25) is 0 Å². The SMILES string of the molecule is Cc1ccccc1C(OC(=O)c1c(C)[nH]c2ccc3c(c12)CC1CCCN2CCCCC12O3)c1ccccc1. The smallest absolute Gasteiger partial charge is 0.341 e. The van der Waals surface area contributed by atoms with Gasteiger partial charge in [-0.25, -0.2) is 4.79 Å². The molecule has 0 aliphatic carbocycles. The zero-order valence-electron chi connectivity index (χ0n) is 22.8. The van der Waals surface area contributed by atoms with Crippen LogP contribution in [0.2, 0.25) is 0 Å². The largest absolute Gasteiger partial charge is 0.472 e. The first-order valence-electron chi connectivity index (χ1n) is 14.4. The number of benzene rings is 3. The third-order valence-electron chi connectivity index (χ3n) is 9.32. The number of carbonyl (C=O) groups excluding carboxylic acids is 1. The zero-order valence-corrected chi connectivity index (χ0v) is 22.8. The third kappa shape index (κ3) is 3.98. The van der Waals surface area contributed by atoms with Crippen LogP contribution in [0.3, 0.4) is 0 Å². The molecule has 2 fully saturated rings. The molecule has 1 aromatic heterocycles. The highest BCUT2D eigenvalue weighted by Crippen LogP contribution is 2.50. The van der Waals surface area contributed by atoms with Gasteiger partial charge in [-0.05, 0) is 74.8 Å². The maximum absolute atomic E-state index is 14.1. The number of piperidine rings is 2. The summed E-state index contributed by atoms with van der Waals surface area (Å²) in [4.78, 5) is 20.2. The second kappa shape index (κ2) is 9.56. The van der Waals surface area contributed by atoms with E-state index in [2.05, 4.69) is 41.1 Å². The maximum Gasteiger partial charge on any atom is 0.341 e. The molecule has 4 aromatic rings. The first kappa shape index (κ1) is 24.5. The first-order chi connectivity index (χ1) is 19.0. The molecule has 0 radical (unpaired) electrons. The third-order valence-corrected chi connectivity index (χ3v) is 9.32. The number of hydrogen-bond acceptors (Lipinski definition) is 4. The Morgan fingerprint density at radius 3 is 2.64 bits per heavy atom. The summed E-state index contributed by atoms with van der Waals surface area (Å²) in [6, 6.07) is 22.4. The molecule has 3 unspecified atom stereocenters. The van der Waals surface area contributed by atoms with Crippen molar-refractivity contribution in [1.29, 1.82) is 0 Å². The van der Waals surface area contributed by atoms with E-state index in [1.165, 1.54) is 25.7 Å². The molecular formula is C34H36N2O3. The highest BCUT2D eigenvalue weighted by atomic mass is 16.5. The number of ether oxygens (including phenoxy) is 2. The molecule has 0 saturated carbocycles. The van der Waals surface area contributed by atoms with Gasteiger partial charge in [0, 0.05) is 47.6 Å². The summed E-state index contributed by atoms with van der Waals surface area (Å²) in [6.07, 6.45) is 6.37. The van der Waals surface area contributed by atoms with Gasteiger partial charge in [-0.15, -0.1) is 0 Å². The Hall–Kier alpha value is -3.57. The van der Waals surface area contributed by atoms with E-state index in [1.54, 1.807) is 0 Å². The topological polar surface area (TPSA) is 54.6 Å². The number of carbonyl (C=O) groups is 1. The van der Waals surface area contributed by atoms with Gasteiger partial charge in [0.15, 0.2) is 11.8 Å². The minimum absolute atomic E-state index is 0.188. The molecule has 0 bridgehead atoms. The molecule has 0 amide bonds. The number of fused-ring (bicyclic) bond motifs is 3. The van der Waals surface area contributed by atoms with Crippen LogP contribution < -0.4 is 4.74 Å². The molecule has 5 nitrogen and oxygen atoms in total. The fraction of sp³-hybridized carbons (Fsp3) is 0.382. The summed E-state index contributed by atoms with van der Waals surface area (Å²) in [7, 11) is 0. The fourth-order valence-electron chi connectivity index (χ4n) is 7.45. The van der Waals surface area contributed by atoms with Gasteiger partial charge in [0.05, 0.1) is 5.56 Å². The number of aryl methyl sites for hydroxylation is 2. The van der Waals surface area contributed by atoms with E-state index < -0.39 is 6.10 Å². The van der Waals surface area contributed by atoms with Crippen molar-refractivity contribution < 1.29 is 14.3 Å². The number of aromatic amines is 1. The Balaban J connectivity index is 1.30. The van der Waals surface area contributed by atoms with Gasteiger partial charge < -0.3 is 14.5 Å². The molecule has 5 heteroatoms.